The van der Waals surface area contributed by atoms with Crippen molar-refractivity contribution in [1.29, 1.82) is 0 Å². The van der Waals surface area contributed by atoms with Crippen LogP contribution in [-0.2, 0) is 9.53 Å². The van der Waals surface area contributed by atoms with Gasteiger partial charge in [0.25, 0.3) is 0 Å². The van der Waals surface area contributed by atoms with E-state index in [0.717, 1.165) is 16.7 Å². The van der Waals surface area contributed by atoms with Crippen LogP contribution in [0, 0.1) is 13.8 Å². The number of esters is 1. The summed E-state index contributed by atoms with van der Waals surface area (Å²) < 4.78 is 5.18. The average Bonchev–Trinajstić information content (AvgIpc) is 2.19. The molecular formula is C15H19ClO2. The van der Waals surface area contributed by atoms with Gasteiger partial charge in [-0.3, -0.25) is 0 Å². The first-order valence-corrected chi connectivity index (χ1v) is 6.24. The molecular weight excluding hydrogens is 248 g/mol. The van der Waals surface area contributed by atoms with Gasteiger partial charge in [0.1, 0.15) is 5.60 Å². The van der Waals surface area contributed by atoms with Gasteiger partial charge < -0.3 is 4.74 Å². The van der Waals surface area contributed by atoms with Crippen LogP contribution in [-0.4, -0.2) is 11.6 Å². The number of hydrogen-bond acceptors (Lipinski definition) is 2. The molecule has 0 atom stereocenters. The average molecular weight is 267 g/mol. The molecule has 98 valence electrons. The van der Waals surface area contributed by atoms with E-state index in [9.17, 15) is 4.79 Å². The quantitative estimate of drug-likeness (QED) is 0.589. The molecule has 0 unspecified atom stereocenters. The van der Waals surface area contributed by atoms with E-state index < -0.39 is 5.60 Å². The maximum atomic E-state index is 11.5. The molecule has 1 aromatic carbocycles. The van der Waals surface area contributed by atoms with E-state index in [1.165, 1.54) is 6.08 Å². The lowest BCUT2D eigenvalue weighted by Crippen LogP contribution is -2.22. The van der Waals surface area contributed by atoms with Crippen LogP contribution >= 0.6 is 11.6 Å². The Hall–Kier alpha value is -1.28. The molecule has 0 aliphatic carbocycles. The van der Waals surface area contributed by atoms with Gasteiger partial charge in [0.05, 0.1) is 0 Å². The Morgan fingerprint density at radius 2 is 1.78 bits per heavy atom. The minimum absolute atomic E-state index is 0.364. The van der Waals surface area contributed by atoms with Crippen LogP contribution in [0.4, 0.5) is 0 Å². The fourth-order valence-corrected chi connectivity index (χ4v) is 1.71. The second kappa shape index (κ2) is 5.57. The van der Waals surface area contributed by atoms with E-state index >= 15 is 0 Å². The predicted molar refractivity (Wildman–Crippen MR) is 75.8 cm³/mol. The Morgan fingerprint density at radius 3 is 2.33 bits per heavy atom. The first-order chi connectivity index (χ1) is 8.19. The number of ether oxygens (including phenoxy) is 1. The lowest BCUT2D eigenvalue weighted by Gasteiger charge is -2.17. The van der Waals surface area contributed by atoms with E-state index in [2.05, 4.69) is 0 Å². The highest BCUT2D eigenvalue weighted by molar-refractivity contribution is 6.32. The van der Waals surface area contributed by atoms with Crippen LogP contribution in [0.15, 0.2) is 18.2 Å². The van der Waals surface area contributed by atoms with Crippen molar-refractivity contribution in [3.05, 3.63) is 39.9 Å². The fraction of sp³-hybridized carbons (Fsp3) is 0.400. The highest BCUT2D eigenvalue weighted by Gasteiger charge is 2.14. The minimum Gasteiger partial charge on any atom is -0.457 e. The molecule has 3 heteroatoms. The minimum atomic E-state index is -0.478. The Morgan fingerprint density at radius 1 is 1.22 bits per heavy atom. The largest absolute Gasteiger partial charge is 0.457 e. The van der Waals surface area contributed by atoms with Gasteiger partial charge in [0.2, 0.25) is 0 Å². The van der Waals surface area contributed by atoms with Crippen molar-refractivity contribution in [2.45, 2.75) is 40.2 Å². The third kappa shape index (κ3) is 4.53. The maximum Gasteiger partial charge on any atom is 0.331 e. The smallest absolute Gasteiger partial charge is 0.331 e. The van der Waals surface area contributed by atoms with Crippen LogP contribution in [0.1, 0.15) is 37.5 Å². The van der Waals surface area contributed by atoms with Crippen molar-refractivity contribution in [3.63, 3.8) is 0 Å². The molecule has 2 nitrogen and oxygen atoms in total. The Labute approximate surface area is 114 Å². The third-order valence-corrected chi connectivity index (χ3v) is 2.75. The molecule has 0 bridgehead atoms. The zero-order chi connectivity index (χ0) is 13.9. The zero-order valence-corrected chi connectivity index (χ0v) is 12.3. The monoisotopic (exact) mass is 266 g/mol. The van der Waals surface area contributed by atoms with Gasteiger partial charge in [-0.1, -0.05) is 17.7 Å². The molecule has 0 saturated carbocycles. The number of rotatable bonds is 2. The summed E-state index contributed by atoms with van der Waals surface area (Å²) in [5.74, 6) is -0.364. The van der Waals surface area contributed by atoms with E-state index in [4.69, 9.17) is 16.3 Å². The van der Waals surface area contributed by atoms with Gasteiger partial charge in [0.15, 0.2) is 0 Å². The predicted octanol–water partition coefficient (Wildman–Crippen LogP) is 4.31. The van der Waals surface area contributed by atoms with Crippen molar-refractivity contribution in [3.8, 4) is 0 Å². The van der Waals surface area contributed by atoms with Crippen molar-refractivity contribution in [2.24, 2.45) is 0 Å². The second-order valence-corrected chi connectivity index (χ2v) is 5.73. The number of carbonyl (C=O) groups is 1. The molecule has 0 aliphatic heterocycles. The standard InChI is InChI=1S/C15H19ClO2/c1-10-8-12(13(16)9-11(10)2)6-7-14(17)18-15(3,4)5/h6-9H,1-5H3/b7-6+. The highest BCUT2D eigenvalue weighted by Crippen LogP contribution is 2.22. The van der Waals surface area contributed by atoms with Crippen LogP contribution in [0.3, 0.4) is 0 Å². The lowest BCUT2D eigenvalue weighted by atomic mass is 10.1. The number of hydrogen-bond donors (Lipinski definition) is 0. The molecule has 0 spiro atoms. The van der Waals surface area contributed by atoms with Gasteiger partial charge in [-0.15, -0.1) is 0 Å². The van der Waals surface area contributed by atoms with Gasteiger partial charge in [-0.25, -0.2) is 4.79 Å². The first-order valence-electron chi connectivity index (χ1n) is 5.87. The molecule has 0 amide bonds. The molecule has 0 heterocycles. The van der Waals surface area contributed by atoms with Gasteiger partial charge in [-0.05, 0) is 63.5 Å². The van der Waals surface area contributed by atoms with Gasteiger partial charge in [0, 0.05) is 11.1 Å². The normalized spacial score (nSPS) is 11.9. The summed E-state index contributed by atoms with van der Waals surface area (Å²) in [4.78, 5) is 11.5. The van der Waals surface area contributed by atoms with Crippen molar-refractivity contribution < 1.29 is 9.53 Å². The summed E-state index contributed by atoms with van der Waals surface area (Å²) in [5, 5.41) is 0.637. The summed E-state index contributed by atoms with van der Waals surface area (Å²) in [6.45, 7) is 9.52. The molecule has 1 rings (SSSR count). The summed E-state index contributed by atoms with van der Waals surface area (Å²) in [7, 11) is 0. The molecule has 0 radical (unpaired) electrons. The van der Waals surface area contributed by atoms with Crippen LogP contribution in [0.5, 0.6) is 0 Å². The van der Waals surface area contributed by atoms with Gasteiger partial charge >= 0.3 is 5.97 Å². The van der Waals surface area contributed by atoms with Crippen molar-refractivity contribution in [2.75, 3.05) is 0 Å². The zero-order valence-electron chi connectivity index (χ0n) is 11.5. The third-order valence-electron chi connectivity index (χ3n) is 2.42. The van der Waals surface area contributed by atoms with Crippen LogP contribution in [0.25, 0.3) is 6.08 Å². The number of carbonyl (C=O) groups excluding carboxylic acids is 1. The first kappa shape index (κ1) is 14.8. The fourth-order valence-electron chi connectivity index (χ4n) is 1.42. The summed E-state index contributed by atoms with van der Waals surface area (Å²) >= 11 is 6.11. The molecule has 0 aromatic heterocycles. The maximum absolute atomic E-state index is 11.5. The summed E-state index contributed by atoms with van der Waals surface area (Å²) in [6.07, 6.45) is 3.09. The molecule has 0 saturated heterocycles. The summed E-state index contributed by atoms with van der Waals surface area (Å²) in [6, 6.07) is 3.85. The molecule has 1 aromatic rings. The molecule has 18 heavy (non-hydrogen) atoms. The topological polar surface area (TPSA) is 26.3 Å². The Kier molecular flexibility index (Phi) is 4.58. The SMILES string of the molecule is Cc1cc(Cl)c(/C=C/C(=O)OC(C)(C)C)cc1C. The van der Waals surface area contributed by atoms with E-state index in [1.807, 2.05) is 46.8 Å². The van der Waals surface area contributed by atoms with Crippen molar-refractivity contribution in [1.82, 2.24) is 0 Å². The molecule has 0 fully saturated rings. The second-order valence-electron chi connectivity index (χ2n) is 5.32. The van der Waals surface area contributed by atoms with Crippen LogP contribution < -0.4 is 0 Å². The molecule has 0 aliphatic rings. The number of benzene rings is 1. The molecule has 0 N–H and O–H groups in total. The lowest BCUT2D eigenvalue weighted by molar-refractivity contribution is -0.148. The van der Waals surface area contributed by atoms with Gasteiger partial charge in [-0.2, -0.15) is 0 Å². The van der Waals surface area contributed by atoms with E-state index in [0.29, 0.717) is 5.02 Å². The Balaban J connectivity index is 2.85. The number of halogens is 1. The van der Waals surface area contributed by atoms with Crippen molar-refractivity contribution >= 4 is 23.6 Å². The Bertz CT molecular complexity index is 482. The van der Waals surface area contributed by atoms with E-state index in [1.54, 1.807) is 6.08 Å². The summed E-state index contributed by atoms with van der Waals surface area (Å²) in [5.41, 5.74) is 2.62. The number of aryl methyl sites for hydroxylation is 2. The van der Waals surface area contributed by atoms with Crippen LogP contribution in [0.2, 0.25) is 5.02 Å². The van der Waals surface area contributed by atoms with E-state index in [-0.39, 0.29) is 5.97 Å². The highest BCUT2D eigenvalue weighted by atomic mass is 35.5.